The van der Waals surface area contributed by atoms with Crippen LogP contribution in [-0.2, 0) is 4.79 Å². The molecule has 1 amide bonds. The Morgan fingerprint density at radius 1 is 1.21 bits per heavy atom. The summed E-state index contributed by atoms with van der Waals surface area (Å²) >= 11 is 0. The third-order valence-electron chi connectivity index (χ3n) is 2.81. The molecule has 3 rings (SSSR count). The van der Waals surface area contributed by atoms with E-state index in [9.17, 15) is 4.79 Å². The van der Waals surface area contributed by atoms with Gasteiger partial charge < -0.3 is 14.8 Å². The average molecular weight is 263 g/mol. The molecule has 0 aliphatic carbocycles. The van der Waals surface area contributed by atoms with Gasteiger partial charge >= 0.3 is 0 Å². The number of hydrogen-bond acceptors (Lipinski definition) is 6. The van der Waals surface area contributed by atoms with Gasteiger partial charge in [0.2, 0.25) is 5.91 Å². The van der Waals surface area contributed by atoms with E-state index in [2.05, 4.69) is 15.6 Å². The highest BCUT2D eigenvalue weighted by atomic mass is 16.6. The fraction of sp³-hybridized carbons (Fsp3) is 0.417. The predicted octanol–water partition coefficient (Wildman–Crippen LogP) is 1.73. The van der Waals surface area contributed by atoms with Crippen LogP contribution in [-0.4, -0.2) is 29.4 Å². The van der Waals surface area contributed by atoms with E-state index >= 15 is 0 Å². The highest BCUT2D eigenvalue weighted by molar-refractivity contribution is 6.01. The van der Waals surface area contributed by atoms with E-state index in [1.54, 1.807) is 6.07 Å². The number of rotatable bonds is 1. The highest BCUT2D eigenvalue weighted by Crippen LogP contribution is 2.39. The Hall–Kier alpha value is -2.31. The first kappa shape index (κ1) is 11.8. The second-order valence-electron chi connectivity index (χ2n) is 4.30. The van der Waals surface area contributed by atoms with Gasteiger partial charge in [-0.05, 0) is 23.2 Å². The van der Waals surface area contributed by atoms with Crippen LogP contribution in [0.25, 0.3) is 11.0 Å². The number of hydrogen-bond donors (Lipinski definition) is 1. The zero-order valence-corrected chi connectivity index (χ0v) is 10.4. The van der Waals surface area contributed by atoms with Crippen molar-refractivity contribution in [3.05, 3.63) is 6.07 Å². The van der Waals surface area contributed by atoms with Crippen molar-refractivity contribution in [1.82, 2.24) is 10.3 Å². The number of anilines is 1. The Labute approximate surface area is 108 Å². The molecule has 1 aromatic carbocycles. The van der Waals surface area contributed by atoms with Gasteiger partial charge in [-0.15, -0.1) is 0 Å². The summed E-state index contributed by atoms with van der Waals surface area (Å²) in [6.45, 7) is 2.62. The number of ether oxygens (including phenoxy) is 2. The van der Waals surface area contributed by atoms with Gasteiger partial charge in [0.1, 0.15) is 0 Å². The van der Waals surface area contributed by atoms with E-state index in [4.69, 9.17) is 14.1 Å². The van der Waals surface area contributed by atoms with E-state index in [1.165, 1.54) is 6.92 Å². The molecule has 19 heavy (non-hydrogen) atoms. The van der Waals surface area contributed by atoms with Crippen molar-refractivity contribution in [2.45, 2.75) is 19.8 Å². The summed E-state index contributed by atoms with van der Waals surface area (Å²) in [6, 6.07) is 1.69. The maximum absolute atomic E-state index is 11.2. The summed E-state index contributed by atoms with van der Waals surface area (Å²) in [6.07, 6.45) is 1.84. The molecule has 1 aromatic heterocycles. The molecule has 100 valence electrons. The molecule has 0 saturated carbocycles. The lowest BCUT2D eigenvalue weighted by Crippen LogP contribution is -2.11. The van der Waals surface area contributed by atoms with Crippen molar-refractivity contribution in [3.63, 3.8) is 0 Å². The standard InChI is InChI=1S/C12H13N3O4/c1-7(16)13-8-6-9-12(11-10(8)14-19-15-11)18-5-3-2-4-17-9/h6H,2-5H2,1H3,(H,13,16). The van der Waals surface area contributed by atoms with Crippen LogP contribution in [0.1, 0.15) is 19.8 Å². The number of carbonyl (C=O) groups is 1. The summed E-state index contributed by atoms with van der Waals surface area (Å²) in [5.41, 5.74) is 1.42. The zero-order chi connectivity index (χ0) is 13.2. The van der Waals surface area contributed by atoms with Crippen molar-refractivity contribution in [3.8, 4) is 11.5 Å². The summed E-state index contributed by atoms with van der Waals surface area (Å²) in [5.74, 6) is 0.868. The van der Waals surface area contributed by atoms with E-state index in [0.717, 1.165) is 12.8 Å². The molecular weight excluding hydrogens is 250 g/mol. The summed E-state index contributed by atoms with van der Waals surface area (Å²) < 4.78 is 16.0. The second-order valence-corrected chi connectivity index (χ2v) is 4.30. The smallest absolute Gasteiger partial charge is 0.221 e. The Balaban J connectivity index is 2.15. The lowest BCUT2D eigenvalue weighted by Gasteiger charge is -2.17. The molecule has 0 unspecified atom stereocenters. The molecule has 1 N–H and O–H groups in total. The van der Waals surface area contributed by atoms with Crippen molar-refractivity contribution >= 4 is 22.6 Å². The predicted molar refractivity (Wildman–Crippen MR) is 66.3 cm³/mol. The van der Waals surface area contributed by atoms with E-state index in [-0.39, 0.29) is 5.91 Å². The van der Waals surface area contributed by atoms with Crippen LogP contribution in [0.4, 0.5) is 5.69 Å². The van der Waals surface area contributed by atoms with Gasteiger partial charge in [-0.3, -0.25) is 4.79 Å². The first-order valence-corrected chi connectivity index (χ1v) is 6.08. The molecular formula is C12H13N3O4. The van der Waals surface area contributed by atoms with Crippen LogP contribution in [0.15, 0.2) is 10.7 Å². The van der Waals surface area contributed by atoms with Gasteiger partial charge in [0.15, 0.2) is 22.5 Å². The lowest BCUT2D eigenvalue weighted by atomic mass is 10.2. The minimum absolute atomic E-state index is 0.198. The Morgan fingerprint density at radius 3 is 2.74 bits per heavy atom. The monoisotopic (exact) mass is 263 g/mol. The van der Waals surface area contributed by atoms with E-state index < -0.39 is 0 Å². The van der Waals surface area contributed by atoms with Gasteiger partial charge in [0, 0.05) is 13.0 Å². The molecule has 0 radical (unpaired) electrons. The van der Waals surface area contributed by atoms with Crippen LogP contribution in [0.5, 0.6) is 11.5 Å². The Morgan fingerprint density at radius 2 is 1.95 bits per heavy atom. The van der Waals surface area contributed by atoms with Crippen LogP contribution >= 0.6 is 0 Å². The third-order valence-corrected chi connectivity index (χ3v) is 2.81. The van der Waals surface area contributed by atoms with Crippen molar-refractivity contribution in [2.75, 3.05) is 18.5 Å². The third kappa shape index (κ3) is 2.18. The number of aromatic nitrogens is 2. The molecule has 7 heteroatoms. The van der Waals surface area contributed by atoms with Crippen LogP contribution in [0, 0.1) is 0 Å². The second kappa shape index (κ2) is 4.75. The molecule has 1 aliphatic heterocycles. The Kier molecular flexibility index (Phi) is 2.94. The lowest BCUT2D eigenvalue weighted by molar-refractivity contribution is -0.114. The molecule has 1 aliphatic rings. The van der Waals surface area contributed by atoms with Crippen molar-refractivity contribution in [2.24, 2.45) is 0 Å². The maximum atomic E-state index is 11.2. The number of amides is 1. The maximum Gasteiger partial charge on any atom is 0.221 e. The van der Waals surface area contributed by atoms with Gasteiger partial charge in [0.05, 0.1) is 18.9 Å². The number of nitrogens with zero attached hydrogens (tertiary/aromatic N) is 2. The normalized spacial score (nSPS) is 14.8. The molecule has 0 fully saturated rings. The molecule has 2 aromatic rings. The van der Waals surface area contributed by atoms with Crippen LogP contribution in [0.3, 0.4) is 0 Å². The summed E-state index contributed by atoms with van der Waals surface area (Å²) in [5, 5.41) is 10.3. The number of benzene rings is 1. The molecule has 7 nitrogen and oxygen atoms in total. The SMILES string of the molecule is CC(=O)Nc1cc2c(c3nonc13)OCCCCO2. The molecule has 0 spiro atoms. The van der Waals surface area contributed by atoms with Crippen molar-refractivity contribution in [1.29, 1.82) is 0 Å². The molecule has 0 bridgehead atoms. The number of fused-ring (bicyclic) bond motifs is 3. The largest absolute Gasteiger partial charge is 0.490 e. The first-order chi connectivity index (χ1) is 9.25. The summed E-state index contributed by atoms with van der Waals surface area (Å²) in [7, 11) is 0. The van der Waals surface area contributed by atoms with Gasteiger partial charge in [0.25, 0.3) is 0 Å². The number of carbonyl (C=O) groups excluding carboxylic acids is 1. The fourth-order valence-corrected chi connectivity index (χ4v) is 1.99. The number of nitrogens with one attached hydrogen (secondary N) is 1. The summed E-state index contributed by atoms with van der Waals surface area (Å²) in [4.78, 5) is 11.2. The fourth-order valence-electron chi connectivity index (χ4n) is 1.99. The average Bonchev–Trinajstić information content (AvgIpc) is 2.80. The first-order valence-electron chi connectivity index (χ1n) is 6.08. The quantitative estimate of drug-likeness (QED) is 0.843. The van der Waals surface area contributed by atoms with Crippen LogP contribution < -0.4 is 14.8 Å². The minimum Gasteiger partial charge on any atom is -0.490 e. The van der Waals surface area contributed by atoms with Crippen LogP contribution in [0.2, 0.25) is 0 Å². The topological polar surface area (TPSA) is 86.5 Å². The van der Waals surface area contributed by atoms with Crippen molar-refractivity contribution < 1.29 is 18.9 Å². The molecule has 2 heterocycles. The van der Waals surface area contributed by atoms with E-state index in [0.29, 0.717) is 41.4 Å². The highest BCUT2D eigenvalue weighted by Gasteiger charge is 2.21. The van der Waals surface area contributed by atoms with Gasteiger partial charge in [-0.1, -0.05) is 0 Å². The minimum atomic E-state index is -0.198. The Bertz CT molecular complexity index is 623. The molecule has 0 atom stereocenters. The van der Waals surface area contributed by atoms with Gasteiger partial charge in [-0.25, -0.2) is 4.63 Å². The zero-order valence-electron chi connectivity index (χ0n) is 10.4. The van der Waals surface area contributed by atoms with E-state index in [1.807, 2.05) is 0 Å². The molecule has 0 saturated heterocycles. The van der Waals surface area contributed by atoms with Gasteiger partial charge in [-0.2, -0.15) is 0 Å².